The van der Waals surface area contributed by atoms with Gasteiger partial charge in [0.2, 0.25) is 0 Å². The largest absolute Gasteiger partial charge is 0.466 e. The Bertz CT molecular complexity index is 512. The number of hydrogen-bond donors (Lipinski definition) is 0. The summed E-state index contributed by atoms with van der Waals surface area (Å²) in [5.41, 5.74) is 0.0719. The Kier molecular flexibility index (Phi) is 5.71. The predicted molar refractivity (Wildman–Crippen MR) is 66.0 cm³/mol. The number of benzene rings is 1. The number of halogens is 3. The van der Waals surface area contributed by atoms with Crippen molar-refractivity contribution in [3.05, 3.63) is 34.4 Å². The second kappa shape index (κ2) is 7.05. The van der Waals surface area contributed by atoms with Crippen molar-refractivity contribution in [3.63, 3.8) is 0 Å². The first-order chi connectivity index (χ1) is 9.03. The summed E-state index contributed by atoms with van der Waals surface area (Å²) in [6.07, 6.45) is -2.85. The van der Waals surface area contributed by atoms with Gasteiger partial charge in [-0.2, -0.15) is 5.26 Å². The fraction of sp³-hybridized carbons (Fsp3) is 0.385. The second-order valence-electron chi connectivity index (χ2n) is 3.74. The maximum Gasteiger partial charge on any atom is 0.310 e. The van der Waals surface area contributed by atoms with Crippen molar-refractivity contribution in [1.82, 2.24) is 0 Å². The number of carbonyl (C=O) groups is 1. The Morgan fingerprint density at radius 3 is 2.68 bits per heavy atom. The first kappa shape index (κ1) is 15.4. The molecule has 0 heterocycles. The van der Waals surface area contributed by atoms with Crippen molar-refractivity contribution in [2.75, 3.05) is 6.61 Å². The molecule has 1 aromatic carbocycles. The fourth-order valence-corrected chi connectivity index (χ4v) is 1.94. The van der Waals surface area contributed by atoms with Crippen LogP contribution in [0.3, 0.4) is 0 Å². The Hall–Kier alpha value is -1.67. The molecule has 0 aliphatic rings. The van der Waals surface area contributed by atoms with Crippen molar-refractivity contribution in [2.24, 2.45) is 0 Å². The first-order valence-electron chi connectivity index (χ1n) is 5.59. The minimum Gasteiger partial charge on any atom is -0.466 e. The quantitative estimate of drug-likeness (QED) is 0.616. The Labute approximate surface area is 114 Å². The molecule has 0 atom stereocenters. The molecule has 1 aromatic rings. The van der Waals surface area contributed by atoms with Gasteiger partial charge in [0.15, 0.2) is 0 Å². The first-order valence-corrected chi connectivity index (χ1v) is 6.12. The molecule has 0 unspecified atom stereocenters. The molecule has 0 N–H and O–H groups in total. The molecule has 6 heteroatoms. The molecule has 3 nitrogen and oxygen atoms in total. The summed E-state index contributed by atoms with van der Waals surface area (Å²) in [7, 11) is 0. The Morgan fingerprint density at radius 1 is 1.53 bits per heavy atom. The van der Waals surface area contributed by atoms with E-state index in [-0.39, 0.29) is 35.6 Å². The molecule has 0 saturated heterocycles. The molecule has 1 rings (SSSR count). The van der Waals surface area contributed by atoms with Crippen molar-refractivity contribution in [3.8, 4) is 6.07 Å². The molecule has 102 valence electrons. The van der Waals surface area contributed by atoms with Gasteiger partial charge in [0, 0.05) is 11.4 Å². The smallest absolute Gasteiger partial charge is 0.310 e. The third-order valence-corrected chi connectivity index (χ3v) is 2.75. The zero-order valence-electron chi connectivity index (χ0n) is 10.3. The molecule has 0 aliphatic heterocycles. The van der Waals surface area contributed by atoms with E-state index in [9.17, 15) is 13.6 Å². The maximum absolute atomic E-state index is 12.9. The maximum atomic E-state index is 12.9. The van der Waals surface area contributed by atoms with Gasteiger partial charge in [0.05, 0.1) is 24.7 Å². The lowest BCUT2D eigenvalue weighted by Crippen LogP contribution is -2.09. The van der Waals surface area contributed by atoms with Crippen molar-refractivity contribution in [2.45, 2.75) is 25.7 Å². The molecule has 0 aromatic heterocycles. The predicted octanol–water partition coefficient (Wildman–Crippen LogP) is 3.34. The van der Waals surface area contributed by atoms with Crippen LogP contribution in [0.4, 0.5) is 8.78 Å². The van der Waals surface area contributed by atoms with E-state index in [0.29, 0.717) is 5.56 Å². The van der Waals surface area contributed by atoms with Crippen LogP contribution in [0.1, 0.15) is 35.6 Å². The number of esters is 1. The topological polar surface area (TPSA) is 50.1 Å². The summed E-state index contributed by atoms with van der Waals surface area (Å²) in [6, 6.07) is 4.39. The average Bonchev–Trinajstić information content (AvgIpc) is 2.37. The molecule has 0 bridgehead atoms. The Morgan fingerprint density at radius 2 is 2.21 bits per heavy atom. The van der Waals surface area contributed by atoms with E-state index in [2.05, 4.69) is 0 Å². The van der Waals surface area contributed by atoms with Gasteiger partial charge in [-0.1, -0.05) is 6.07 Å². The molecule has 0 radical (unpaired) electrons. The van der Waals surface area contributed by atoms with E-state index >= 15 is 0 Å². The van der Waals surface area contributed by atoms with Gasteiger partial charge in [0.1, 0.15) is 0 Å². The molecule has 0 saturated carbocycles. The van der Waals surface area contributed by atoms with Crippen LogP contribution in [0.5, 0.6) is 0 Å². The van der Waals surface area contributed by atoms with Crippen LogP contribution in [0, 0.1) is 11.3 Å². The van der Waals surface area contributed by atoms with Gasteiger partial charge in [-0.3, -0.25) is 4.79 Å². The average molecular weight is 288 g/mol. The van der Waals surface area contributed by atoms with E-state index < -0.39 is 12.4 Å². The highest BCUT2D eigenvalue weighted by atomic mass is 35.5. The van der Waals surface area contributed by atoms with Gasteiger partial charge >= 0.3 is 5.97 Å². The summed E-state index contributed by atoms with van der Waals surface area (Å²) in [6.45, 7) is 1.91. The highest BCUT2D eigenvalue weighted by Gasteiger charge is 2.19. The SMILES string of the molecule is CCOC(=O)Cc1cc(C#N)c(C(F)F)c(CCl)c1. The molecule has 0 amide bonds. The standard InChI is InChI=1S/C13H12ClF2NO2/c1-2-19-11(18)5-8-3-9(6-14)12(13(15)16)10(4-8)7-17/h3-4,13H,2,5-6H2,1H3. The van der Waals surface area contributed by atoms with Gasteiger partial charge in [-0.15, -0.1) is 11.6 Å². The van der Waals surface area contributed by atoms with E-state index in [4.69, 9.17) is 21.6 Å². The van der Waals surface area contributed by atoms with Gasteiger partial charge in [0.25, 0.3) is 6.43 Å². The lowest BCUT2D eigenvalue weighted by molar-refractivity contribution is -0.142. The van der Waals surface area contributed by atoms with Crippen molar-refractivity contribution < 1.29 is 18.3 Å². The summed E-state index contributed by atoms with van der Waals surface area (Å²) in [5.74, 6) is -0.623. The van der Waals surface area contributed by atoms with Crippen LogP contribution in [-0.2, 0) is 21.8 Å². The van der Waals surface area contributed by atoms with Crippen LogP contribution in [0.25, 0.3) is 0 Å². The number of hydrogen-bond acceptors (Lipinski definition) is 3. The fourth-order valence-electron chi connectivity index (χ4n) is 1.72. The van der Waals surface area contributed by atoms with Gasteiger partial charge in [-0.05, 0) is 24.1 Å². The van der Waals surface area contributed by atoms with Crippen LogP contribution in [0.2, 0.25) is 0 Å². The number of alkyl halides is 3. The minimum absolute atomic E-state index is 0.0735. The van der Waals surface area contributed by atoms with Crippen molar-refractivity contribution in [1.29, 1.82) is 5.26 Å². The van der Waals surface area contributed by atoms with E-state index in [1.54, 1.807) is 13.0 Å². The number of nitriles is 1. The zero-order valence-corrected chi connectivity index (χ0v) is 11.0. The highest BCUT2D eigenvalue weighted by Crippen LogP contribution is 2.29. The molecule has 19 heavy (non-hydrogen) atoms. The van der Waals surface area contributed by atoms with Crippen LogP contribution < -0.4 is 0 Å². The van der Waals surface area contributed by atoms with Gasteiger partial charge in [-0.25, -0.2) is 8.78 Å². The summed E-state index contributed by atoms with van der Waals surface area (Å²) in [4.78, 5) is 11.3. The highest BCUT2D eigenvalue weighted by molar-refractivity contribution is 6.17. The third kappa shape index (κ3) is 3.90. The molecule has 0 aliphatic carbocycles. The third-order valence-electron chi connectivity index (χ3n) is 2.46. The molecular weight excluding hydrogens is 276 g/mol. The van der Waals surface area contributed by atoms with E-state index in [0.717, 1.165) is 0 Å². The molecule has 0 spiro atoms. The monoisotopic (exact) mass is 287 g/mol. The minimum atomic E-state index is -2.78. The Balaban J connectivity index is 3.17. The van der Waals surface area contributed by atoms with Crippen LogP contribution >= 0.6 is 11.6 Å². The molecular formula is C13H12ClF2NO2. The summed E-state index contributed by atoms with van der Waals surface area (Å²) in [5, 5.41) is 8.91. The molecule has 0 fully saturated rings. The van der Waals surface area contributed by atoms with Crippen molar-refractivity contribution >= 4 is 17.6 Å². The number of nitrogens with zero attached hydrogens (tertiary/aromatic N) is 1. The normalized spacial score (nSPS) is 10.3. The summed E-state index contributed by atoms with van der Waals surface area (Å²) >= 11 is 5.62. The summed E-state index contributed by atoms with van der Waals surface area (Å²) < 4.78 is 30.5. The second-order valence-corrected chi connectivity index (χ2v) is 4.01. The number of carbonyl (C=O) groups excluding carboxylic acids is 1. The van der Waals surface area contributed by atoms with Crippen LogP contribution in [-0.4, -0.2) is 12.6 Å². The lowest BCUT2D eigenvalue weighted by atomic mass is 9.98. The van der Waals surface area contributed by atoms with E-state index in [1.165, 1.54) is 12.1 Å². The van der Waals surface area contributed by atoms with E-state index in [1.807, 2.05) is 0 Å². The van der Waals surface area contributed by atoms with Crippen LogP contribution in [0.15, 0.2) is 12.1 Å². The number of ether oxygens (including phenoxy) is 1. The number of rotatable bonds is 5. The zero-order chi connectivity index (χ0) is 14.4. The lowest BCUT2D eigenvalue weighted by Gasteiger charge is -2.11. The van der Waals surface area contributed by atoms with Gasteiger partial charge < -0.3 is 4.74 Å².